The Kier molecular flexibility index (Phi) is 7.99. The van der Waals surface area contributed by atoms with Gasteiger partial charge in [-0.2, -0.15) is 0 Å². The summed E-state index contributed by atoms with van der Waals surface area (Å²) in [6.45, 7) is 11.2. The monoisotopic (exact) mass is 369 g/mol. The lowest BCUT2D eigenvalue weighted by atomic mass is 10.1. The van der Waals surface area contributed by atoms with E-state index in [1.54, 1.807) is 0 Å². The van der Waals surface area contributed by atoms with E-state index in [9.17, 15) is 4.79 Å². The lowest BCUT2D eigenvalue weighted by Gasteiger charge is -2.22. The molecule has 0 fully saturated rings. The number of hydrogen-bond donors (Lipinski definition) is 2. The van der Waals surface area contributed by atoms with E-state index in [1.165, 1.54) is 11.3 Å². The molecular weight excluding hydrogens is 338 g/mol. The fourth-order valence-corrected chi connectivity index (χ4v) is 2.93. The normalized spacial score (nSPS) is 10.4. The summed E-state index contributed by atoms with van der Waals surface area (Å²) in [5.41, 5.74) is 4.27. The standard InChI is InChI=1S/C22H31N3O2/c1-5-18-9-8-10-20(16-18)27-14-13-23-22(26)24-21-12-11-19(15-17(21)4)25(6-2)7-3/h8-12,15-16H,5-7,13-14H2,1-4H3,(H2,23,24,26). The third-order valence-corrected chi connectivity index (χ3v) is 4.55. The first kappa shape index (κ1) is 20.6. The van der Waals surface area contributed by atoms with Crippen molar-refractivity contribution in [2.45, 2.75) is 34.1 Å². The van der Waals surface area contributed by atoms with Crippen molar-refractivity contribution in [2.75, 3.05) is 36.5 Å². The van der Waals surface area contributed by atoms with E-state index >= 15 is 0 Å². The maximum absolute atomic E-state index is 12.1. The topological polar surface area (TPSA) is 53.6 Å². The third-order valence-electron chi connectivity index (χ3n) is 4.55. The number of anilines is 2. The second-order valence-electron chi connectivity index (χ2n) is 6.40. The van der Waals surface area contributed by atoms with Crippen LogP contribution in [0.3, 0.4) is 0 Å². The molecule has 0 bridgehead atoms. The number of aryl methyl sites for hydroxylation is 2. The van der Waals surface area contributed by atoms with Crippen molar-refractivity contribution in [2.24, 2.45) is 0 Å². The number of carbonyl (C=O) groups is 1. The first-order valence-corrected chi connectivity index (χ1v) is 9.69. The maximum atomic E-state index is 12.1. The van der Waals surface area contributed by atoms with Gasteiger partial charge in [0, 0.05) is 24.5 Å². The molecule has 0 saturated heterocycles. The minimum Gasteiger partial charge on any atom is -0.492 e. The van der Waals surface area contributed by atoms with Crippen molar-refractivity contribution < 1.29 is 9.53 Å². The van der Waals surface area contributed by atoms with Gasteiger partial charge >= 0.3 is 6.03 Å². The Hall–Kier alpha value is -2.69. The minimum absolute atomic E-state index is 0.223. The number of hydrogen-bond acceptors (Lipinski definition) is 3. The summed E-state index contributed by atoms with van der Waals surface area (Å²) in [4.78, 5) is 14.4. The van der Waals surface area contributed by atoms with Crippen molar-refractivity contribution in [3.8, 4) is 5.75 Å². The van der Waals surface area contributed by atoms with E-state index in [0.717, 1.165) is 36.5 Å². The average Bonchev–Trinajstić information content (AvgIpc) is 2.68. The van der Waals surface area contributed by atoms with Crippen LogP contribution in [0.2, 0.25) is 0 Å². The highest BCUT2D eigenvalue weighted by Crippen LogP contribution is 2.22. The van der Waals surface area contributed by atoms with Crippen LogP contribution in [0, 0.1) is 6.92 Å². The highest BCUT2D eigenvalue weighted by molar-refractivity contribution is 5.90. The highest BCUT2D eigenvalue weighted by Gasteiger charge is 2.07. The lowest BCUT2D eigenvalue weighted by Crippen LogP contribution is -2.32. The van der Waals surface area contributed by atoms with Crippen LogP contribution >= 0.6 is 0 Å². The second-order valence-corrected chi connectivity index (χ2v) is 6.40. The summed E-state index contributed by atoms with van der Waals surface area (Å²) in [5, 5.41) is 5.74. The van der Waals surface area contributed by atoms with Gasteiger partial charge in [0.1, 0.15) is 12.4 Å². The molecule has 5 nitrogen and oxygen atoms in total. The second kappa shape index (κ2) is 10.5. The molecule has 2 aromatic carbocycles. The zero-order valence-electron chi connectivity index (χ0n) is 16.8. The number of nitrogens with zero attached hydrogens (tertiary/aromatic N) is 1. The quantitative estimate of drug-likeness (QED) is 0.635. The molecule has 0 aliphatic rings. The molecule has 0 radical (unpaired) electrons. The van der Waals surface area contributed by atoms with E-state index in [2.05, 4.69) is 48.4 Å². The summed E-state index contributed by atoms with van der Waals surface area (Å²) in [5.74, 6) is 0.833. The van der Waals surface area contributed by atoms with Gasteiger partial charge in [0.05, 0.1) is 6.54 Å². The largest absolute Gasteiger partial charge is 0.492 e. The van der Waals surface area contributed by atoms with E-state index in [1.807, 2.05) is 37.3 Å². The third kappa shape index (κ3) is 6.20. The zero-order valence-corrected chi connectivity index (χ0v) is 16.8. The lowest BCUT2D eigenvalue weighted by molar-refractivity contribution is 0.247. The van der Waals surface area contributed by atoms with Crippen LogP contribution in [0.4, 0.5) is 16.2 Å². The summed E-state index contributed by atoms with van der Waals surface area (Å²) in [6.07, 6.45) is 0.976. The Morgan fingerprint density at radius 2 is 1.85 bits per heavy atom. The molecule has 2 rings (SSSR count). The number of amides is 2. The Morgan fingerprint density at radius 1 is 1.07 bits per heavy atom. The number of nitrogens with one attached hydrogen (secondary N) is 2. The molecule has 2 N–H and O–H groups in total. The van der Waals surface area contributed by atoms with Gasteiger partial charge in [0.25, 0.3) is 0 Å². The number of rotatable bonds is 9. The maximum Gasteiger partial charge on any atom is 0.319 e. The number of ether oxygens (including phenoxy) is 1. The molecule has 0 aromatic heterocycles. The summed E-state index contributed by atoms with van der Waals surface area (Å²) in [6, 6.07) is 13.9. The Morgan fingerprint density at radius 3 is 2.52 bits per heavy atom. The summed E-state index contributed by atoms with van der Waals surface area (Å²) in [7, 11) is 0. The minimum atomic E-state index is -0.223. The zero-order chi connectivity index (χ0) is 19.6. The van der Waals surface area contributed by atoms with Gasteiger partial charge in [-0.05, 0) is 68.7 Å². The first-order valence-electron chi connectivity index (χ1n) is 9.69. The Bertz CT molecular complexity index is 742. The Labute approximate surface area is 162 Å². The number of benzene rings is 2. The van der Waals surface area contributed by atoms with E-state index < -0.39 is 0 Å². The molecule has 0 aliphatic carbocycles. The fourth-order valence-electron chi connectivity index (χ4n) is 2.93. The molecule has 0 saturated carbocycles. The van der Waals surface area contributed by atoms with Gasteiger partial charge in [-0.1, -0.05) is 19.1 Å². The van der Waals surface area contributed by atoms with Crippen LogP contribution in [-0.4, -0.2) is 32.3 Å². The van der Waals surface area contributed by atoms with Crippen LogP contribution in [-0.2, 0) is 6.42 Å². The SMILES string of the molecule is CCc1cccc(OCCNC(=O)Nc2ccc(N(CC)CC)cc2C)c1. The molecule has 0 aliphatic heterocycles. The van der Waals surface area contributed by atoms with Crippen LogP contribution in [0.5, 0.6) is 5.75 Å². The predicted octanol–water partition coefficient (Wildman–Crippen LogP) is 4.60. The van der Waals surface area contributed by atoms with Crippen LogP contribution < -0.4 is 20.3 Å². The van der Waals surface area contributed by atoms with Crippen molar-refractivity contribution in [1.29, 1.82) is 0 Å². The summed E-state index contributed by atoms with van der Waals surface area (Å²) < 4.78 is 5.69. The van der Waals surface area contributed by atoms with Crippen molar-refractivity contribution >= 4 is 17.4 Å². The van der Waals surface area contributed by atoms with Gasteiger partial charge in [-0.3, -0.25) is 0 Å². The van der Waals surface area contributed by atoms with Gasteiger partial charge in [0.2, 0.25) is 0 Å². The van der Waals surface area contributed by atoms with Crippen LogP contribution in [0.25, 0.3) is 0 Å². The first-order chi connectivity index (χ1) is 13.1. The van der Waals surface area contributed by atoms with Crippen molar-refractivity contribution in [3.05, 3.63) is 53.6 Å². The number of urea groups is 1. The van der Waals surface area contributed by atoms with E-state index in [4.69, 9.17) is 4.74 Å². The smallest absolute Gasteiger partial charge is 0.319 e. The molecule has 0 atom stereocenters. The van der Waals surface area contributed by atoms with Gasteiger partial charge < -0.3 is 20.3 Å². The average molecular weight is 370 g/mol. The van der Waals surface area contributed by atoms with Gasteiger partial charge in [-0.25, -0.2) is 4.79 Å². The number of carbonyl (C=O) groups excluding carboxylic acids is 1. The molecule has 2 amide bonds. The van der Waals surface area contributed by atoms with Gasteiger partial charge in [-0.15, -0.1) is 0 Å². The van der Waals surface area contributed by atoms with E-state index in [0.29, 0.717) is 13.2 Å². The van der Waals surface area contributed by atoms with E-state index in [-0.39, 0.29) is 6.03 Å². The molecule has 0 unspecified atom stereocenters. The molecule has 0 heterocycles. The molecule has 2 aromatic rings. The van der Waals surface area contributed by atoms with Crippen molar-refractivity contribution in [1.82, 2.24) is 5.32 Å². The fraction of sp³-hybridized carbons (Fsp3) is 0.409. The molecule has 5 heteroatoms. The van der Waals surface area contributed by atoms with Crippen LogP contribution in [0.15, 0.2) is 42.5 Å². The molecule has 27 heavy (non-hydrogen) atoms. The molecule has 146 valence electrons. The summed E-state index contributed by atoms with van der Waals surface area (Å²) >= 11 is 0. The Balaban J connectivity index is 1.80. The highest BCUT2D eigenvalue weighted by atomic mass is 16.5. The molecular formula is C22H31N3O2. The van der Waals surface area contributed by atoms with Gasteiger partial charge in [0.15, 0.2) is 0 Å². The van der Waals surface area contributed by atoms with Crippen LogP contribution in [0.1, 0.15) is 31.9 Å². The van der Waals surface area contributed by atoms with Crippen molar-refractivity contribution in [3.63, 3.8) is 0 Å². The molecule has 0 spiro atoms. The predicted molar refractivity (Wildman–Crippen MR) is 113 cm³/mol.